The molecule has 0 saturated carbocycles. The van der Waals surface area contributed by atoms with E-state index in [1.165, 1.54) is 37.3 Å². The Labute approximate surface area is 178 Å². The largest absolute Gasteiger partial charge is 0.427 e. The smallest absolute Gasteiger partial charge is 0.308 e. The Morgan fingerprint density at radius 2 is 1.58 bits per heavy atom. The van der Waals surface area contributed by atoms with Crippen LogP contribution in [-0.2, 0) is 9.59 Å². The van der Waals surface area contributed by atoms with E-state index in [2.05, 4.69) is 10.6 Å². The van der Waals surface area contributed by atoms with Crippen molar-refractivity contribution in [2.45, 2.75) is 6.92 Å². The Hall–Kier alpha value is -4.26. The van der Waals surface area contributed by atoms with E-state index < -0.39 is 17.8 Å². The van der Waals surface area contributed by atoms with Crippen LogP contribution in [0.3, 0.4) is 0 Å². The van der Waals surface area contributed by atoms with Crippen LogP contribution in [-0.4, -0.2) is 17.8 Å². The standard InChI is InChI=1S/C24H19FN2O4/c1-16(28)31-22-10-3-6-18(14-22)24(30)27-21-9-4-8-20(15-21)26-23(29)12-11-17-5-2-7-19(25)13-17/h2-15H,1H3,(H,26,29)(H,27,30)/b12-11+. The maximum atomic E-state index is 13.2. The first-order valence-corrected chi connectivity index (χ1v) is 9.33. The highest BCUT2D eigenvalue weighted by Crippen LogP contribution is 2.18. The molecule has 0 unspecified atom stereocenters. The van der Waals surface area contributed by atoms with Crippen molar-refractivity contribution >= 4 is 35.2 Å². The first-order valence-electron chi connectivity index (χ1n) is 9.33. The molecule has 3 rings (SSSR count). The zero-order valence-corrected chi connectivity index (χ0v) is 16.6. The molecule has 0 radical (unpaired) electrons. The van der Waals surface area contributed by atoms with E-state index in [1.54, 1.807) is 54.6 Å². The fourth-order valence-electron chi connectivity index (χ4n) is 2.71. The van der Waals surface area contributed by atoms with Crippen molar-refractivity contribution < 1.29 is 23.5 Å². The average Bonchev–Trinajstić information content (AvgIpc) is 2.72. The summed E-state index contributed by atoms with van der Waals surface area (Å²) in [5, 5.41) is 5.41. The third-order valence-electron chi connectivity index (χ3n) is 4.02. The normalized spacial score (nSPS) is 10.5. The fraction of sp³-hybridized carbons (Fsp3) is 0.0417. The van der Waals surface area contributed by atoms with E-state index >= 15 is 0 Å². The Kier molecular flexibility index (Phi) is 6.90. The SMILES string of the molecule is CC(=O)Oc1cccc(C(=O)Nc2cccc(NC(=O)/C=C/c3cccc(F)c3)c2)c1. The van der Waals surface area contributed by atoms with Crippen LogP contribution in [0.1, 0.15) is 22.8 Å². The van der Waals surface area contributed by atoms with Crippen molar-refractivity contribution in [3.63, 3.8) is 0 Å². The molecular weight excluding hydrogens is 399 g/mol. The van der Waals surface area contributed by atoms with Crippen LogP contribution in [0.5, 0.6) is 5.75 Å². The number of nitrogens with one attached hydrogen (secondary N) is 2. The molecule has 7 heteroatoms. The molecule has 0 fully saturated rings. The maximum absolute atomic E-state index is 13.2. The zero-order valence-electron chi connectivity index (χ0n) is 16.6. The fourth-order valence-corrected chi connectivity index (χ4v) is 2.71. The molecule has 2 amide bonds. The first-order chi connectivity index (χ1) is 14.9. The number of hydrogen-bond acceptors (Lipinski definition) is 4. The van der Waals surface area contributed by atoms with Gasteiger partial charge in [-0.2, -0.15) is 0 Å². The predicted octanol–water partition coefficient (Wildman–Crippen LogP) is 4.66. The Bertz CT molecular complexity index is 1160. The van der Waals surface area contributed by atoms with Gasteiger partial charge in [-0.25, -0.2) is 4.39 Å². The van der Waals surface area contributed by atoms with Gasteiger partial charge in [-0.15, -0.1) is 0 Å². The van der Waals surface area contributed by atoms with Crippen LogP contribution in [0.25, 0.3) is 6.08 Å². The summed E-state index contributed by atoms with van der Waals surface area (Å²) in [5.74, 6) is -1.40. The topological polar surface area (TPSA) is 84.5 Å². The van der Waals surface area contributed by atoms with Gasteiger partial charge in [0.15, 0.2) is 0 Å². The second-order valence-electron chi connectivity index (χ2n) is 6.53. The van der Waals surface area contributed by atoms with Gasteiger partial charge in [-0.05, 0) is 60.2 Å². The summed E-state index contributed by atoms with van der Waals surface area (Å²) < 4.78 is 18.2. The molecule has 0 heterocycles. The van der Waals surface area contributed by atoms with E-state index in [1.807, 2.05) is 0 Å². The third kappa shape index (κ3) is 6.64. The van der Waals surface area contributed by atoms with Crippen LogP contribution < -0.4 is 15.4 Å². The number of hydrogen-bond donors (Lipinski definition) is 2. The number of rotatable bonds is 6. The van der Waals surface area contributed by atoms with Crippen molar-refractivity contribution in [3.05, 3.63) is 95.8 Å². The summed E-state index contributed by atoms with van der Waals surface area (Å²) in [6, 6.07) is 18.7. The number of halogens is 1. The van der Waals surface area contributed by atoms with E-state index in [9.17, 15) is 18.8 Å². The Morgan fingerprint density at radius 3 is 2.32 bits per heavy atom. The van der Waals surface area contributed by atoms with E-state index in [0.29, 0.717) is 22.5 Å². The minimum absolute atomic E-state index is 0.270. The lowest BCUT2D eigenvalue weighted by Gasteiger charge is -2.09. The van der Waals surface area contributed by atoms with E-state index in [0.717, 1.165) is 0 Å². The number of carbonyl (C=O) groups is 3. The first kappa shape index (κ1) is 21.4. The minimum atomic E-state index is -0.479. The van der Waals surface area contributed by atoms with Crippen LogP contribution >= 0.6 is 0 Å². The van der Waals surface area contributed by atoms with Crippen molar-refractivity contribution in [2.75, 3.05) is 10.6 Å². The monoisotopic (exact) mass is 418 g/mol. The summed E-state index contributed by atoms with van der Waals surface area (Å²) in [4.78, 5) is 35.7. The van der Waals surface area contributed by atoms with E-state index in [4.69, 9.17) is 4.74 Å². The molecule has 2 N–H and O–H groups in total. The lowest BCUT2D eigenvalue weighted by Crippen LogP contribution is -2.13. The molecule has 0 spiro atoms. The van der Waals surface area contributed by atoms with Crippen LogP contribution in [0, 0.1) is 5.82 Å². The Morgan fingerprint density at radius 1 is 0.871 bits per heavy atom. The molecule has 0 aliphatic carbocycles. The number of ether oxygens (including phenoxy) is 1. The van der Waals surface area contributed by atoms with Gasteiger partial charge < -0.3 is 15.4 Å². The highest BCUT2D eigenvalue weighted by atomic mass is 19.1. The van der Waals surface area contributed by atoms with E-state index in [-0.39, 0.29) is 11.6 Å². The van der Waals surface area contributed by atoms with Crippen molar-refractivity contribution in [3.8, 4) is 5.75 Å². The second-order valence-corrected chi connectivity index (χ2v) is 6.53. The highest BCUT2D eigenvalue weighted by molar-refractivity contribution is 6.05. The lowest BCUT2D eigenvalue weighted by atomic mass is 10.2. The molecule has 6 nitrogen and oxygen atoms in total. The van der Waals surface area contributed by atoms with Gasteiger partial charge in [0.05, 0.1) is 0 Å². The molecule has 31 heavy (non-hydrogen) atoms. The van der Waals surface area contributed by atoms with Crippen molar-refractivity contribution in [1.82, 2.24) is 0 Å². The molecule has 156 valence electrons. The number of benzene rings is 3. The van der Waals surface area contributed by atoms with Gasteiger partial charge in [-0.1, -0.05) is 24.3 Å². The lowest BCUT2D eigenvalue weighted by molar-refractivity contribution is -0.131. The highest BCUT2D eigenvalue weighted by Gasteiger charge is 2.09. The maximum Gasteiger partial charge on any atom is 0.308 e. The van der Waals surface area contributed by atoms with Gasteiger partial charge in [0.1, 0.15) is 11.6 Å². The molecule has 3 aromatic carbocycles. The molecular formula is C24H19FN2O4. The number of esters is 1. The van der Waals surface area contributed by atoms with Gasteiger partial charge in [-0.3, -0.25) is 14.4 Å². The van der Waals surface area contributed by atoms with Gasteiger partial charge in [0.2, 0.25) is 5.91 Å². The van der Waals surface area contributed by atoms with Crippen molar-refractivity contribution in [1.29, 1.82) is 0 Å². The van der Waals surface area contributed by atoms with Crippen LogP contribution in [0.4, 0.5) is 15.8 Å². The third-order valence-corrected chi connectivity index (χ3v) is 4.02. The molecule has 0 atom stereocenters. The van der Waals surface area contributed by atoms with Crippen LogP contribution in [0.2, 0.25) is 0 Å². The summed E-state index contributed by atoms with van der Waals surface area (Å²) >= 11 is 0. The second kappa shape index (κ2) is 9.98. The van der Waals surface area contributed by atoms with Crippen LogP contribution in [0.15, 0.2) is 78.9 Å². The number of amides is 2. The predicted molar refractivity (Wildman–Crippen MR) is 116 cm³/mol. The molecule has 0 aliphatic heterocycles. The Balaban J connectivity index is 1.64. The zero-order chi connectivity index (χ0) is 22.2. The summed E-state index contributed by atoms with van der Waals surface area (Å²) in [7, 11) is 0. The molecule has 0 bridgehead atoms. The van der Waals surface area contributed by atoms with Gasteiger partial charge >= 0.3 is 5.97 Å². The number of carbonyl (C=O) groups excluding carboxylic acids is 3. The molecule has 0 saturated heterocycles. The van der Waals surface area contributed by atoms with Gasteiger partial charge in [0, 0.05) is 29.9 Å². The summed E-state index contributed by atoms with van der Waals surface area (Å²) in [6.07, 6.45) is 2.79. The minimum Gasteiger partial charge on any atom is -0.427 e. The molecule has 0 aliphatic rings. The average molecular weight is 418 g/mol. The molecule has 0 aromatic heterocycles. The quantitative estimate of drug-likeness (QED) is 0.347. The van der Waals surface area contributed by atoms with Crippen molar-refractivity contribution in [2.24, 2.45) is 0 Å². The number of anilines is 2. The summed E-state index contributed by atoms with van der Waals surface area (Å²) in [5.41, 5.74) is 1.81. The molecule has 3 aromatic rings. The summed E-state index contributed by atoms with van der Waals surface area (Å²) in [6.45, 7) is 1.28. The van der Waals surface area contributed by atoms with Gasteiger partial charge in [0.25, 0.3) is 5.91 Å².